The lowest BCUT2D eigenvalue weighted by molar-refractivity contribution is -0.171. The van der Waals surface area contributed by atoms with Crippen LogP contribution < -0.4 is 10.6 Å². The molecule has 0 bridgehead atoms. The van der Waals surface area contributed by atoms with Gasteiger partial charge in [-0.1, -0.05) is 12.1 Å². The van der Waals surface area contributed by atoms with Gasteiger partial charge < -0.3 is 20.3 Å². The molecule has 35 heavy (non-hydrogen) atoms. The lowest BCUT2D eigenvalue weighted by Crippen LogP contribution is -2.61. The third-order valence-electron chi connectivity index (χ3n) is 6.63. The van der Waals surface area contributed by atoms with Gasteiger partial charge in [0, 0.05) is 36.6 Å². The number of ether oxygens (including phenoxy) is 1. The van der Waals surface area contributed by atoms with Gasteiger partial charge in [-0.05, 0) is 25.0 Å². The molecule has 190 valence electrons. The third kappa shape index (κ3) is 4.86. The van der Waals surface area contributed by atoms with Crippen molar-refractivity contribution in [3.05, 3.63) is 34.9 Å². The summed E-state index contributed by atoms with van der Waals surface area (Å²) in [5, 5.41) is 12.0. The van der Waals surface area contributed by atoms with Crippen molar-refractivity contribution in [2.45, 2.75) is 56.9 Å². The molecule has 1 unspecified atom stereocenters. The van der Waals surface area contributed by atoms with Gasteiger partial charge in [-0.15, -0.1) is 0 Å². The molecule has 8 nitrogen and oxygen atoms in total. The number of nitrogens with one attached hydrogen (secondary N) is 3. The molecule has 2 heterocycles. The summed E-state index contributed by atoms with van der Waals surface area (Å²) in [6, 6.07) is 2.08. The number of hydrogen-bond acceptors (Lipinski definition) is 5. The minimum Gasteiger partial charge on any atom is -0.379 e. The van der Waals surface area contributed by atoms with Gasteiger partial charge in [-0.3, -0.25) is 19.8 Å². The molecule has 1 saturated carbocycles. The van der Waals surface area contributed by atoms with E-state index in [1.165, 1.54) is 22.3 Å². The number of nitrogens with zero attached hydrogens (tertiary/aromatic N) is 1. The van der Waals surface area contributed by atoms with Gasteiger partial charge in [0.15, 0.2) is 0 Å². The average molecular weight is 502 g/mol. The van der Waals surface area contributed by atoms with Crippen LogP contribution in [0.5, 0.6) is 0 Å². The maximum absolute atomic E-state index is 14.3. The van der Waals surface area contributed by atoms with Crippen LogP contribution in [-0.4, -0.2) is 65.9 Å². The first-order valence-corrected chi connectivity index (χ1v) is 10.9. The summed E-state index contributed by atoms with van der Waals surface area (Å²) in [6.07, 6.45) is -6.34. The fourth-order valence-corrected chi connectivity index (χ4v) is 4.49. The molecule has 1 aromatic rings. The van der Waals surface area contributed by atoms with E-state index in [1.54, 1.807) is 6.92 Å². The number of hydrogen-bond donors (Lipinski definition) is 3. The average Bonchev–Trinajstić information content (AvgIpc) is 3.08. The lowest BCUT2D eigenvalue weighted by atomic mass is 9.83. The SMILES string of the molecule is CC1(C(=O)NC2CCC(F)(F)C[C@H]2N2Cc3ccc(C(=N)NC(=O)C(F)(F)F)cc3C2=O)COC1. The van der Waals surface area contributed by atoms with E-state index < -0.39 is 60.1 Å². The molecule has 3 aliphatic rings. The maximum atomic E-state index is 14.3. The number of alkyl halides is 5. The molecular formula is C22H23F5N4O4. The van der Waals surface area contributed by atoms with Crippen LogP contribution >= 0.6 is 0 Å². The minimum atomic E-state index is -5.19. The number of halogens is 5. The largest absolute Gasteiger partial charge is 0.471 e. The zero-order chi connectivity index (χ0) is 25.8. The zero-order valence-electron chi connectivity index (χ0n) is 18.6. The van der Waals surface area contributed by atoms with E-state index in [4.69, 9.17) is 10.1 Å². The molecule has 0 spiro atoms. The zero-order valence-corrected chi connectivity index (χ0v) is 18.6. The van der Waals surface area contributed by atoms with Crippen LogP contribution in [0.15, 0.2) is 18.2 Å². The number of fused-ring (bicyclic) bond motifs is 1. The van der Waals surface area contributed by atoms with Crippen LogP contribution in [0, 0.1) is 10.8 Å². The highest BCUT2D eigenvalue weighted by Crippen LogP contribution is 2.39. The first-order valence-electron chi connectivity index (χ1n) is 10.9. The quantitative estimate of drug-likeness (QED) is 0.334. The predicted molar refractivity (Wildman–Crippen MR) is 111 cm³/mol. The Hall–Kier alpha value is -3.09. The number of rotatable bonds is 4. The van der Waals surface area contributed by atoms with Crippen LogP contribution in [0.1, 0.15) is 47.7 Å². The monoisotopic (exact) mass is 502 g/mol. The fraction of sp³-hybridized carbons (Fsp3) is 0.545. The van der Waals surface area contributed by atoms with Gasteiger partial charge >= 0.3 is 12.1 Å². The standard InChI is InChI=1S/C22H23F5N4O4/c1-20(9-35-10-20)18(33)29-14-4-5-21(23,24)7-15(14)31-8-12-3-2-11(6-13(12)17(31)32)16(28)30-19(34)22(25,26)27/h2-3,6,14-15H,4-5,7-10H2,1H3,(H,29,33)(H2,28,30,34)/t14?,15-/m1/s1. The summed E-state index contributed by atoms with van der Waals surface area (Å²) < 4.78 is 71.2. The number of carbonyl (C=O) groups is 3. The van der Waals surface area contributed by atoms with Gasteiger partial charge in [0.2, 0.25) is 11.8 Å². The summed E-state index contributed by atoms with van der Waals surface area (Å²) in [4.78, 5) is 38.2. The molecular weight excluding hydrogens is 479 g/mol. The highest BCUT2D eigenvalue weighted by Gasteiger charge is 2.49. The Kier molecular flexibility index (Phi) is 6.10. The lowest BCUT2D eigenvalue weighted by Gasteiger charge is -2.43. The fourth-order valence-electron chi connectivity index (χ4n) is 4.49. The molecule has 1 aliphatic carbocycles. The highest BCUT2D eigenvalue weighted by molar-refractivity contribution is 6.09. The first-order chi connectivity index (χ1) is 16.2. The number of benzene rings is 1. The molecule has 0 radical (unpaired) electrons. The second kappa shape index (κ2) is 8.54. The Bertz CT molecular complexity index is 1090. The van der Waals surface area contributed by atoms with Crippen molar-refractivity contribution in [1.29, 1.82) is 5.41 Å². The van der Waals surface area contributed by atoms with Gasteiger partial charge in [0.1, 0.15) is 5.84 Å². The number of amidine groups is 1. The molecule has 2 aliphatic heterocycles. The highest BCUT2D eigenvalue weighted by atomic mass is 19.4. The van der Waals surface area contributed by atoms with E-state index in [-0.39, 0.29) is 43.2 Å². The number of carbonyl (C=O) groups excluding carboxylic acids is 3. The predicted octanol–water partition coefficient (Wildman–Crippen LogP) is 2.36. The summed E-state index contributed by atoms with van der Waals surface area (Å²) >= 11 is 0. The maximum Gasteiger partial charge on any atom is 0.471 e. The van der Waals surface area contributed by atoms with Crippen molar-refractivity contribution in [2.75, 3.05) is 13.2 Å². The van der Waals surface area contributed by atoms with Gasteiger partial charge in [0.25, 0.3) is 5.91 Å². The first kappa shape index (κ1) is 25.0. The Morgan fingerprint density at radius 3 is 2.51 bits per heavy atom. The van der Waals surface area contributed by atoms with Gasteiger partial charge in [0.05, 0.1) is 24.7 Å². The Morgan fingerprint density at radius 2 is 1.91 bits per heavy atom. The third-order valence-corrected chi connectivity index (χ3v) is 6.63. The van der Waals surface area contributed by atoms with Crippen molar-refractivity contribution in [2.24, 2.45) is 5.41 Å². The second-order valence-electron chi connectivity index (χ2n) is 9.43. The number of amides is 3. The van der Waals surface area contributed by atoms with E-state index >= 15 is 0 Å². The van der Waals surface area contributed by atoms with E-state index in [1.807, 2.05) is 0 Å². The van der Waals surface area contributed by atoms with Gasteiger partial charge in [-0.25, -0.2) is 8.78 Å². The van der Waals surface area contributed by atoms with Gasteiger partial charge in [-0.2, -0.15) is 13.2 Å². The van der Waals surface area contributed by atoms with Crippen LogP contribution in [0.4, 0.5) is 22.0 Å². The molecule has 0 aromatic heterocycles. The van der Waals surface area contributed by atoms with Crippen molar-refractivity contribution in [3.63, 3.8) is 0 Å². The van der Waals surface area contributed by atoms with E-state index in [0.717, 1.165) is 6.07 Å². The Morgan fingerprint density at radius 1 is 1.23 bits per heavy atom. The molecule has 13 heteroatoms. The van der Waals surface area contributed by atoms with E-state index in [2.05, 4.69) is 5.32 Å². The molecule has 3 N–H and O–H groups in total. The molecule has 4 rings (SSSR count). The minimum absolute atomic E-state index is 0.0341. The summed E-state index contributed by atoms with van der Waals surface area (Å²) in [7, 11) is 0. The molecule has 1 saturated heterocycles. The van der Waals surface area contributed by atoms with Crippen molar-refractivity contribution in [1.82, 2.24) is 15.5 Å². The van der Waals surface area contributed by atoms with Crippen molar-refractivity contribution >= 4 is 23.6 Å². The molecule has 3 amide bonds. The van der Waals surface area contributed by atoms with E-state index in [0.29, 0.717) is 5.56 Å². The topological polar surface area (TPSA) is 112 Å². The summed E-state index contributed by atoms with van der Waals surface area (Å²) in [5.41, 5.74) is -0.439. The molecule has 2 atom stereocenters. The van der Waals surface area contributed by atoms with Crippen LogP contribution in [0.25, 0.3) is 0 Å². The Labute approximate surface area is 196 Å². The summed E-state index contributed by atoms with van der Waals surface area (Å²) in [5.74, 6) is -7.21. The molecule has 1 aromatic carbocycles. The smallest absolute Gasteiger partial charge is 0.379 e. The molecule has 2 fully saturated rings. The Balaban J connectivity index is 1.53. The van der Waals surface area contributed by atoms with Crippen LogP contribution in [0.3, 0.4) is 0 Å². The summed E-state index contributed by atoms with van der Waals surface area (Å²) in [6.45, 7) is 2.08. The normalized spacial score (nSPS) is 24.9. The second-order valence-corrected chi connectivity index (χ2v) is 9.43. The van der Waals surface area contributed by atoms with Crippen molar-refractivity contribution < 1.29 is 41.1 Å². The van der Waals surface area contributed by atoms with Crippen LogP contribution in [0.2, 0.25) is 0 Å². The van der Waals surface area contributed by atoms with E-state index in [9.17, 15) is 36.3 Å². The van der Waals surface area contributed by atoms with Crippen molar-refractivity contribution in [3.8, 4) is 0 Å². The van der Waals surface area contributed by atoms with Crippen LogP contribution in [-0.2, 0) is 20.9 Å².